The van der Waals surface area contributed by atoms with Crippen molar-refractivity contribution in [2.45, 2.75) is 6.92 Å². The molecule has 0 fully saturated rings. The molecule has 0 saturated heterocycles. The summed E-state index contributed by atoms with van der Waals surface area (Å²) < 4.78 is 0. The number of anilines is 2. The maximum atomic E-state index is 3.42. The van der Waals surface area contributed by atoms with Crippen molar-refractivity contribution < 1.29 is 10.6 Å². The molecule has 0 aromatic heterocycles. The lowest BCUT2D eigenvalue weighted by Crippen LogP contribution is -2.73. The van der Waals surface area contributed by atoms with Crippen molar-refractivity contribution in [3.05, 3.63) is 78.4 Å². The van der Waals surface area contributed by atoms with E-state index >= 15 is 0 Å². The van der Waals surface area contributed by atoms with Gasteiger partial charge in [0.2, 0.25) is 0 Å². The highest BCUT2D eigenvalue weighted by atomic mass is 14.9. The summed E-state index contributed by atoms with van der Waals surface area (Å²) in [6.45, 7) is 2.10. The van der Waals surface area contributed by atoms with E-state index in [0.717, 1.165) is 11.4 Å². The van der Waals surface area contributed by atoms with Gasteiger partial charge in [0.05, 0.1) is 7.05 Å². The van der Waals surface area contributed by atoms with Gasteiger partial charge in [-0.3, -0.25) is 5.32 Å². The second-order valence-electron chi connectivity index (χ2n) is 5.71. The summed E-state index contributed by atoms with van der Waals surface area (Å²) in [6.07, 6.45) is 0. The Bertz CT molecular complexity index is 744. The van der Waals surface area contributed by atoms with E-state index < -0.39 is 0 Å². The minimum absolute atomic E-state index is 1.10. The Morgan fingerprint density at radius 3 is 1.57 bits per heavy atom. The quantitative estimate of drug-likeness (QED) is 0.623. The van der Waals surface area contributed by atoms with E-state index in [1.807, 2.05) is 0 Å². The van der Waals surface area contributed by atoms with Crippen LogP contribution in [0.15, 0.2) is 72.8 Å². The van der Waals surface area contributed by atoms with Gasteiger partial charge in [-0.2, -0.15) is 0 Å². The van der Waals surface area contributed by atoms with Crippen molar-refractivity contribution in [3.8, 4) is 0 Å². The molecular weight excluding hydrogens is 282 g/mol. The highest BCUT2D eigenvalue weighted by molar-refractivity contribution is 5.61. The number of benzene rings is 3. The van der Waals surface area contributed by atoms with Gasteiger partial charge < -0.3 is 10.6 Å². The highest BCUT2D eigenvalue weighted by Gasteiger charge is 2.02. The molecule has 0 aliphatic heterocycles. The number of quaternary nitrogens is 2. The van der Waals surface area contributed by atoms with Crippen LogP contribution in [0.5, 0.6) is 0 Å². The van der Waals surface area contributed by atoms with Crippen LogP contribution in [0.2, 0.25) is 0 Å². The number of aryl methyl sites for hydroxylation is 1. The number of rotatable bonds is 5. The van der Waals surface area contributed by atoms with Crippen LogP contribution < -0.4 is 16.0 Å². The molecule has 0 spiro atoms. The van der Waals surface area contributed by atoms with E-state index in [9.17, 15) is 0 Å². The zero-order valence-corrected chi connectivity index (χ0v) is 13.6. The number of hydrogen-bond acceptors (Lipinski definition) is 1. The SMILES string of the molecule is C[NH2+]c1ccc([NH2+]c2ccc(Nc3ccc(C)cc3)cc2)cc1. The maximum absolute atomic E-state index is 3.42. The molecule has 5 N–H and O–H groups in total. The predicted octanol–water partition coefficient (Wildman–Crippen LogP) is 3.09. The molecule has 3 aromatic carbocycles. The van der Waals surface area contributed by atoms with Gasteiger partial charge in [-0.25, -0.2) is 0 Å². The van der Waals surface area contributed by atoms with Crippen molar-refractivity contribution in [3.63, 3.8) is 0 Å². The van der Waals surface area contributed by atoms with Crippen molar-refractivity contribution in [2.75, 3.05) is 12.4 Å². The first kappa shape index (κ1) is 15.3. The third-order valence-electron chi connectivity index (χ3n) is 3.85. The Hall–Kier alpha value is -2.62. The van der Waals surface area contributed by atoms with E-state index in [1.54, 1.807) is 0 Å². The normalized spacial score (nSPS) is 10.5. The lowest BCUT2D eigenvalue weighted by Gasteiger charge is -2.07. The molecule has 0 bridgehead atoms. The fourth-order valence-electron chi connectivity index (χ4n) is 2.44. The molecule has 0 radical (unpaired) electrons. The van der Waals surface area contributed by atoms with Crippen LogP contribution in [-0.4, -0.2) is 7.05 Å². The van der Waals surface area contributed by atoms with Gasteiger partial charge in [0, 0.05) is 47.8 Å². The van der Waals surface area contributed by atoms with Crippen molar-refractivity contribution in [1.82, 2.24) is 0 Å². The van der Waals surface area contributed by atoms with Crippen LogP contribution in [0.4, 0.5) is 28.4 Å². The fraction of sp³-hybridized carbons (Fsp3) is 0.100. The van der Waals surface area contributed by atoms with Gasteiger partial charge in [-0.05, 0) is 31.2 Å². The summed E-state index contributed by atoms with van der Waals surface area (Å²) in [5.74, 6) is 0. The van der Waals surface area contributed by atoms with Crippen molar-refractivity contribution in [2.24, 2.45) is 0 Å². The zero-order chi connectivity index (χ0) is 16.1. The van der Waals surface area contributed by atoms with Crippen LogP contribution in [0, 0.1) is 6.92 Å². The minimum atomic E-state index is 1.10. The standard InChI is InChI=1S/C20H21N3/c1-15-3-5-17(6-4-15)22-19-11-13-20(14-12-19)23-18-9-7-16(21-2)8-10-18/h3-14,21-23H,1-2H3/p+2. The number of nitrogens with two attached hydrogens (primary N) is 2. The zero-order valence-electron chi connectivity index (χ0n) is 13.6. The van der Waals surface area contributed by atoms with Crippen molar-refractivity contribution in [1.29, 1.82) is 0 Å². The Kier molecular flexibility index (Phi) is 4.71. The highest BCUT2D eigenvalue weighted by Crippen LogP contribution is 2.18. The lowest BCUT2D eigenvalue weighted by molar-refractivity contribution is -0.539. The molecule has 0 aliphatic rings. The Morgan fingerprint density at radius 2 is 1.04 bits per heavy atom. The van der Waals surface area contributed by atoms with Crippen molar-refractivity contribution >= 4 is 28.4 Å². The Balaban J connectivity index is 1.65. The third kappa shape index (κ3) is 4.19. The second-order valence-corrected chi connectivity index (χ2v) is 5.71. The van der Waals surface area contributed by atoms with Gasteiger partial charge in [0.25, 0.3) is 0 Å². The fourth-order valence-corrected chi connectivity index (χ4v) is 2.44. The van der Waals surface area contributed by atoms with E-state index in [0.29, 0.717) is 0 Å². The van der Waals surface area contributed by atoms with Crippen LogP contribution in [0.3, 0.4) is 0 Å². The molecule has 0 atom stereocenters. The van der Waals surface area contributed by atoms with E-state index in [4.69, 9.17) is 0 Å². The predicted molar refractivity (Wildman–Crippen MR) is 96.1 cm³/mol. The van der Waals surface area contributed by atoms with Gasteiger partial charge >= 0.3 is 0 Å². The van der Waals surface area contributed by atoms with Gasteiger partial charge in [0.1, 0.15) is 17.1 Å². The van der Waals surface area contributed by atoms with Crippen LogP contribution in [0.1, 0.15) is 5.56 Å². The van der Waals surface area contributed by atoms with E-state index in [-0.39, 0.29) is 0 Å². The summed E-state index contributed by atoms with van der Waals surface area (Å²) in [6, 6.07) is 25.5. The maximum Gasteiger partial charge on any atom is 0.135 e. The average molecular weight is 305 g/mol. The average Bonchev–Trinajstić information content (AvgIpc) is 2.59. The molecule has 0 amide bonds. The lowest BCUT2D eigenvalue weighted by atomic mass is 10.2. The molecule has 0 unspecified atom stereocenters. The molecule has 0 aliphatic carbocycles. The Labute approximate surface area is 137 Å². The van der Waals surface area contributed by atoms with Gasteiger partial charge in [0.15, 0.2) is 0 Å². The topological polar surface area (TPSA) is 45.2 Å². The molecular formula is C20H23N3+2. The van der Waals surface area contributed by atoms with Gasteiger partial charge in [-0.15, -0.1) is 0 Å². The van der Waals surface area contributed by atoms with E-state index in [2.05, 4.69) is 103 Å². The summed E-state index contributed by atoms with van der Waals surface area (Å²) in [5, 5.41) is 7.72. The summed E-state index contributed by atoms with van der Waals surface area (Å²) >= 11 is 0. The second kappa shape index (κ2) is 7.09. The Morgan fingerprint density at radius 1 is 0.609 bits per heavy atom. The first-order valence-corrected chi connectivity index (χ1v) is 7.91. The van der Waals surface area contributed by atoms with Gasteiger partial charge in [-0.1, -0.05) is 17.7 Å². The first-order valence-electron chi connectivity index (χ1n) is 7.91. The molecule has 0 saturated carbocycles. The molecule has 3 aromatic rings. The molecule has 3 heteroatoms. The minimum Gasteiger partial charge on any atom is -0.356 e. The summed E-state index contributed by atoms with van der Waals surface area (Å²) in [7, 11) is 2.05. The van der Waals surface area contributed by atoms with Crippen LogP contribution in [-0.2, 0) is 0 Å². The molecule has 3 rings (SSSR count). The van der Waals surface area contributed by atoms with Crippen LogP contribution in [0.25, 0.3) is 0 Å². The largest absolute Gasteiger partial charge is 0.356 e. The first-order chi connectivity index (χ1) is 11.2. The molecule has 3 nitrogen and oxygen atoms in total. The molecule has 0 heterocycles. The number of hydrogen-bond donors (Lipinski definition) is 3. The summed E-state index contributed by atoms with van der Waals surface area (Å²) in [4.78, 5) is 0. The monoisotopic (exact) mass is 305 g/mol. The van der Waals surface area contributed by atoms with Crippen LogP contribution >= 0.6 is 0 Å². The third-order valence-corrected chi connectivity index (χ3v) is 3.85. The molecule has 116 valence electrons. The molecule has 23 heavy (non-hydrogen) atoms. The smallest absolute Gasteiger partial charge is 0.135 e. The number of nitrogens with one attached hydrogen (secondary N) is 1. The summed E-state index contributed by atoms with van der Waals surface area (Å²) in [5.41, 5.74) is 7.15. The van der Waals surface area contributed by atoms with E-state index in [1.165, 1.54) is 22.6 Å².